The molecule has 0 spiro atoms. The Labute approximate surface area is 101 Å². The van der Waals surface area contributed by atoms with E-state index in [4.69, 9.17) is 10.2 Å². The molecule has 1 fully saturated rings. The molecule has 1 atom stereocenters. The van der Waals surface area contributed by atoms with E-state index in [9.17, 15) is 8.42 Å². The fourth-order valence-electron chi connectivity index (χ4n) is 2.11. The molecular weight excluding hydrogens is 240 g/mol. The largest absolute Gasteiger partial charge is 0.446 e. The molecule has 1 aliphatic heterocycles. The minimum absolute atomic E-state index is 0.168. The van der Waals surface area contributed by atoms with Gasteiger partial charge in [-0.3, -0.25) is 0 Å². The van der Waals surface area contributed by atoms with Gasteiger partial charge in [-0.25, -0.2) is 13.4 Å². The third-order valence-electron chi connectivity index (χ3n) is 3.02. The molecule has 0 amide bonds. The number of aryl methyl sites for hydroxylation is 1. The molecule has 96 valence electrons. The molecule has 5 nitrogen and oxygen atoms in total. The fourth-order valence-corrected chi connectivity index (χ4v) is 3.98. The van der Waals surface area contributed by atoms with E-state index in [0.29, 0.717) is 24.6 Å². The SMILES string of the molecule is NCCCc1cnc(CC2CCS(=O)(=O)C2)o1. The van der Waals surface area contributed by atoms with Crippen LogP contribution in [0.15, 0.2) is 10.6 Å². The van der Waals surface area contributed by atoms with Gasteiger partial charge < -0.3 is 10.2 Å². The second-order valence-electron chi connectivity index (χ2n) is 4.59. The van der Waals surface area contributed by atoms with E-state index in [1.54, 1.807) is 6.20 Å². The Hall–Kier alpha value is -0.880. The zero-order chi connectivity index (χ0) is 12.3. The Morgan fingerprint density at radius 3 is 3.00 bits per heavy atom. The molecule has 2 rings (SSSR count). The summed E-state index contributed by atoms with van der Waals surface area (Å²) in [6, 6.07) is 0. The van der Waals surface area contributed by atoms with Gasteiger partial charge in [-0.2, -0.15) is 0 Å². The molecular formula is C11H18N2O3S. The van der Waals surface area contributed by atoms with Crippen molar-refractivity contribution in [2.24, 2.45) is 11.7 Å². The molecule has 2 N–H and O–H groups in total. The van der Waals surface area contributed by atoms with Crippen molar-refractivity contribution >= 4 is 9.84 Å². The second-order valence-corrected chi connectivity index (χ2v) is 6.81. The normalized spacial score (nSPS) is 23.0. The van der Waals surface area contributed by atoms with Crippen LogP contribution in [-0.4, -0.2) is 31.5 Å². The zero-order valence-corrected chi connectivity index (χ0v) is 10.6. The van der Waals surface area contributed by atoms with Crippen LogP contribution < -0.4 is 5.73 Å². The summed E-state index contributed by atoms with van der Waals surface area (Å²) in [6.45, 7) is 0.636. The highest BCUT2D eigenvalue weighted by atomic mass is 32.2. The summed E-state index contributed by atoms with van der Waals surface area (Å²) >= 11 is 0. The van der Waals surface area contributed by atoms with Crippen molar-refractivity contribution in [3.63, 3.8) is 0 Å². The van der Waals surface area contributed by atoms with Crippen LogP contribution >= 0.6 is 0 Å². The Balaban J connectivity index is 1.89. The maximum Gasteiger partial charge on any atom is 0.194 e. The number of hydrogen-bond donors (Lipinski definition) is 1. The Bertz CT molecular complexity index is 467. The van der Waals surface area contributed by atoms with Crippen LogP contribution in [0.2, 0.25) is 0 Å². The zero-order valence-electron chi connectivity index (χ0n) is 9.76. The van der Waals surface area contributed by atoms with Crippen LogP contribution in [0.25, 0.3) is 0 Å². The Morgan fingerprint density at radius 1 is 1.53 bits per heavy atom. The van der Waals surface area contributed by atoms with Crippen LogP contribution in [0, 0.1) is 5.92 Å². The van der Waals surface area contributed by atoms with Crippen LogP contribution in [0.3, 0.4) is 0 Å². The quantitative estimate of drug-likeness (QED) is 0.833. The van der Waals surface area contributed by atoms with E-state index in [0.717, 1.165) is 25.0 Å². The lowest BCUT2D eigenvalue weighted by Gasteiger charge is -2.02. The van der Waals surface area contributed by atoms with E-state index < -0.39 is 9.84 Å². The minimum atomic E-state index is -2.81. The highest BCUT2D eigenvalue weighted by Crippen LogP contribution is 2.22. The molecule has 1 aliphatic rings. The molecule has 0 radical (unpaired) electrons. The average Bonchev–Trinajstić information content (AvgIpc) is 2.83. The summed E-state index contributed by atoms with van der Waals surface area (Å²) in [5.74, 6) is 2.23. The lowest BCUT2D eigenvalue weighted by atomic mass is 10.1. The summed E-state index contributed by atoms with van der Waals surface area (Å²) in [5.41, 5.74) is 5.42. The first kappa shape index (κ1) is 12.6. The molecule has 1 unspecified atom stereocenters. The lowest BCUT2D eigenvalue weighted by Crippen LogP contribution is -2.07. The molecule has 1 aromatic heterocycles. The van der Waals surface area contributed by atoms with Gasteiger partial charge in [0.15, 0.2) is 15.7 Å². The number of nitrogens with zero attached hydrogens (tertiary/aromatic N) is 1. The predicted molar refractivity (Wildman–Crippen MR) is 64.3 cm³/mol. The summed E-state index contributed by atoms with van der Waals surface area (Å²) in [6.07, 6.45) is 4.75. The first-order chi connectivity index (χ1) is 8.09. The van der Waals surface area contributed by atoms with Gasteiger partial charge in [0, 0.05) is 12.8 Å². The first-order valence-electron chi connectivity index (χ1n) is 5.93. The second kappa shape index (κ2) is 5.18. The summed E-state index contributed by atoms with van der Waals surface area (Å²) in [4.78, 5) is 4.18. The number of hydrogen-bond acceptors (Lipinski definition) is 5. The summed E-state index contributed by atoms with van der Waals surface area (Å²) < 4.78 is 28.2. The standard InChI is InChI=1S/C11H18N2O3S/c12-4-1-2-10-7-13-11(16-10)6-9-3-5-17(14,15)8-9/h7,9H,1-6,8,12H2. The van der Waals surface area contributed by atoms with Gasteiger partial charge in [0.2, 0.25) is 0 Å². The van der Waals surface area contributed by atoms with Crippen LogP contribution in [0.4, 0.5) is 0 Å². The number of oxazole rings is 1. The maximum absolute atomic E-state index is 11.3. The molecule has 0 saturated carbocycles. The fraction of sp³-hybridized carbons (Fsp3) is 0.727. The van der Waals surface area contributed by atoms with Gasteiger partial charge in [-0.05, 0) is 25.3 Å². The van der Waals surface area contributed by atoms with E-state index in [1.165, 1.54) is 0 Å². The first-order valence-corrected chi connectivity index (χ1v) is 7.75. The highest BCUT2D eigenvalue weighted by molar-refractivity contribution is 7.91. The van der Waals surface area contributed by atoms with Gasteiger partial charge in [-0.1, -0.05) is 0 Å². The molecule has 17 heavy (non-hydrogen) atoms. The van der Waals surface area contributed by atoms with Crippen molar-refractivity contribution in [1.82, 2.24) is 4.98 Å². The third kappa shape index (κ3) is 3.54. The van der Waals surface area contributed by atoms with Crippen molar-refractivity contribution in [2.75, 3.05) is 18.1 Å². The van der Waals surface area contributed by atoms with Crippen molar-refractivity contribution in [3.8, 4) is 0 Å². The third-order valence-corrected chi connectivity index (χ3v) is 4.86. The molecule has 0 aromatic carbocycles. The molecule has 0 aliphatic carbocycles. The van der Waals surface area contributed by atoms with Crippen molar-refractivity contribution in [1.29, 1.82) is 0 Å². The Kier molecular flexibility index (Phi) is 3.83. The minimum Gasteiger partial charge on any atom is -0.446 e. The van der Waals surface area contributed by atoms with E-state index >= 15 is 0 Å². The van der Waals surface area contributed by atoms with E-state index in [-0.39, 0.29) is 11.7 Å². The molecule has 1 saturated heterocycles. The van der Waals surface area contributed by atoms with E-state index in [1.807, 2.05) is 0 Å². The van der Waals surface area contributed by atoms with Crippen molar-refractivity contribution in [2.45, 2.75) is 25.7 Å². The number of sulfone groups is 1. The Morgan fingerprint density at radius 2 is 2.35 bits per heavy atom. The van der Waals surface area contributed by atoms with Gasteiger partial charge in [0.1, 0.15) is 5.76 Å². The van der Waals surface area contributed by atoms with Gasteiger partial charge in [-0.15, -0.1) is 0 Å². The molecule has 2 heterocycles. The van der Waals surface area contributed by atoms with Gasteiger partial charge in [0.05, 0.1) is 17.7 Å². The summed E-state index contributed by atoms with van der Waals surface area (Å²) in [7, 11) is -2.81. The van der Waals surface area contributed by atoms with E-state index in [2.05, 4.69) is 4.98 Å². The van der Waals surface area contributed by atoms with Gasteiger partial charge in [0.25, 0.3) is 0 Å². The van der Waals surface area contributed by atoms with Crippen molar-refractivity contribution < 1.29 is 12.8 Å². The topological polar surface area (TPSA) is 86.2 Å². The smallest absolute Gasteiger partial charge is 0.194 e. The molecule has 0 bridgehead atoms. The maximum atomic E-state index is 11.3. The monoisotopic (exact) mass is 258 g/mol. The number of aromatic nitrogens is 1. The number of nitrogens with two attached hydrogens (primary N) is 1. The molecule has 1 aromatic rings. The highest BCUT2D eigenvalue weighted by Gasteiger charge is 2.28. The van der Waals surface area contributed by atoms with Crippen LogP contribution in [0.5, 0.6) is 0 Å². The van der Waals surface area contributed by atoms with Crippen LogP contribution in [-0.2, 0) is 22.7 Å². The van der Waals surface area contributed by atoms with Gasteiger partial charge >= 0.3 is 0 Å². The predicted octanol–water partition coefficient (Wildman–Crippen LogP) is 0.543. The lowest BCUT2D eigenvalue weighted by molar-refractivity contribution is 0.418. The van der Waals surface area contributed by atoms with Crippen LogP contribution in [0.1, 0.15) is 24.5 Å². The summed E-state index contributed by atoms with van der Waals surface area (Å²) in [5, 5.41) is 0. The molecule has 6 heteroatoms. The van der Waals surface area contributed by atoms with Crippen molar-refractivity contribution in [3.05, 3.63) is 17.8 Å². The average molecular weight is 258 g/mol. The number of rotatable bonds is 5.